The van der Waals surface area contributed by atoms with Crippen molar-refractivity contribution in [3.8, 4) is 0 Å². The number of thiophene rings is 1. The Morgan fingerprint density at radius 2 is 2.31 bits per heavy atom. The lowest BCUT2D eigenvalue weighted by Gasteiger charge is -2.22. The fraction of sp³-hybridized carbons (Fsp3) is 0.556. The quantitative estimate of drug-likeness (QED) is 0.844. The molecule has 13 heavy (non-hydrogen) atoms. The van der Waals surface area contributed by atoms with E-state index in [0.717, 1.165) is 10.8 Å². The molecule has 1 atom stereocenters. The zero-order chi connectivity index (χ0) is 9.90. The number of hydrogen-bond acceptors (Lipinski definition) is 3. The zero-order valence-electron chi connectivity index (χ0n) is 7.84. The molecule has 0 saturated heterocycles. The number of hydrogen-bond donors (Lipinski definition) is 1. The minimum absolute atomic E-state index is 0.303. The summed E-state index contributed by atoms with van der Waals surface area (Å²) in [6, 6.07) is 3.90. The molecule has 0 spiro atoms. The van der Waals surface area contributed by atoms with E-state index in [-0.39, 0.29) is 5.54 Å². The Kier molecular flexibility index (Phi) is 3.74. The number of halogens is 1. The Hall–Kier alpha value is -0.0900. The second kappa shape index (κ2) is 4.42. The second-order valence-electron chi connectivity index (χ2n) is 3.47. The van der Waals surface area contributed by atoms with Crippen molar-refractivity contribution >= 4 is 22.9 Å². The van der Waals surface area contributed by atoms with Gasteiger partial charge in [0.25, 0.3) is 0 Å². The second-order valence-corrected chi connectivity index (χ2v) is 5.27. The van der Waals surface area contributed by atoms with Gasteiger partial charge in [-0.3, -0.25) is 0 Å². The summed E-state index contributed by atoms with van der Waals surface area (Å²) in [6.07, 6.45) is 0.804. The molecule has 0 radical (unpaired) electrons. The summed E-state index contributed by atoms with van der Waals surface area (Å²) in [6.45, 7) is 2.53. The largest absolute Gasteiger partial charge is 0.383 e. The molecule has 0 fully saturated rings. The molecule has 1 rings (SSSR count). The lowest BCUT2D eigenvalue weighted by atomic mass is 10.00. The van der Waals surface area contributed by atoms with Crippen molar-refractivity contribution in [3.63, 3.8) is 0 Å². The molecule has 1 heterocycles. The first-order chi connectivity index (χ1) is 6.03. The van der Waals surface area contributed by atoms with Crippen LogP contribution in [0.25, 0.3) is 0 Å². The predicted molar refractivity (Wildman–Crippen MR) is 57.5 cm³/mol. The van der Waals surface area contributed by atoms with Gasteiger partial charge < -0.3 is 10.5 Å². The maximum atomic E-state index is 6.01. The van der Waals surface area contributed by atoms with E-state index < -0.39 is 0 Å². The molecule has 4 heteroatoms. The van der Waals surface area contributed by atoms with E-state index in [1.807, 2.05) is 19.1 Å². The molecular formula is C9H14ClNOS. The Morgan fingerprint density at radius 3 is 2.77 bits per heavy atom. The fourth-order valence-corrected chi connectivity index (χ4v) is 2.51. The Labute approximate surface area is 87.7 Å². The molecular weight excluding hydrogens is 206 g/mol. The van der Waals surface area contributed by atoms with Crippen LogP contribution in [0, 0.1) is 0 Å². The van der Waals surface area contributed by atoms with Crippen LogP contribution in [0.1, 0.15) is 11.8 Å². The topological polar surface area (TPSA) is 35.2 Å². The van der Waals surface area contributed by atoms with E-state index in [4.69, 9.17) is 22.1 Å². The van der Waals surface area contributed by atoms with Crippen LogP contribution >= 0.6 is 22.9 Å². The van der Waals surface area contributed by atoms with Crippen molar-refractivity contribution in [2.45, 2.75) is 18.9 Å². The average molecular weight is 220 g/mol. The van der Waals surface area contributed by atoms with Crippen molar-refractivity contribution in [2.75, 3.05) is 13.7 Å². The Morgan fingerprint density at radius 1 is 1.62 bits per heavy atom. The smallest absolute Gasteiger partial charge is 0.0931 e. The van der Waals surface area contributed by atoms with Crippen LogP contribution in [0.15, 0.2) is 12.1 Å². The molecule has 0 saturated carbocycles. The van der Waals surface area contributed by atoms with Gasteiger partial charge in [-0.05, 0) is 19.1 Å². The van der Waals surface area contributed by atoms with Crippen LogP contribution in [0.5, 0.6) is 0 Å². The Bertz CT molecular complexity index is 272. The lowest BCUT2D eigenvalue weighted by Crippen LogP contribution is -2.42. The fourth-order valence-electron chi connectivity index (χ4n) is 1.23. The normalized spacial score (nSPS) is 15.7. The van der Waals surface area contributed by atoms with Crippen molar-refractivity contribution in [3.05, 3.63) is 21.3 Å². The van der Waals surface area contributed by atoms with Crippen LogP contribution in [-0.2, 0) is 11.2 Å². The van der Waals surface area contributed by atoms with Crippen LogP contribution in [0.4, 0.5) is 0 Å². The highest BCUT2D eigenvalue weighted by Crippen LogP contribution is 2.24. The summed E-state index contributed by atoms with van der Waals surface area (Å²) in [7, 11) is 1.66. The van der Waals surface area contributed by atoms with Gasteiger partial charge in [0, 0.05) is 23.9 Å². The molecule has 1 aromatic heterocycles. The lowest BCUT2D eigenvalue weighted by molar-refractivity contribution is 0.141. The van der Waals surface area contributed by atoms with Crippen LogP contribution in [0.2, 0.25) is 4.34 Å². The van der Waals surface area contributed by atoms with Gasteiger partial charge in [0.2, 0.25) is 0 Å². The monoisotopic (exact) mass is 219 g/mol. The minimum Gasteiger partial charge on any atom is -0.383 e. The maximum absolute atomic E-state index is 6.01. The molecule has 0 amide bonds. The van der Waals surface area contributed by atoms with Gasteiger partial charge in [-0.15, -0.1) is 11.3 Å². The highest BCUT2D eigenvalue weighted by molar-refractivity contribution is 7.16. The summed E-state index contributed by atoms with van der Waals surface area (Å²) >= 11 is 7.38. The van der Waals surface area contributed by atoms with Gasteiger partial charge in [-0.1, -0.05) is 11.6 Å². The predicted octanol–water partition coefficient (Wildman–Crippen LogP) is 2.31. The molecule has 0 aliphatic carbocycles. The van der Waals surface area contributed by atoms with Crippen molar-refractivity contribution in [1.29, 1.82) is 0 Å². The third-order valence-corrected chi connectivity index (χ3v) is 2.91. The summed E-state index contributed by atoms with van der Waals surface area (Å²) < 4.78 is 5.84. The van der Waals surface area contributed by atoms with Gasteiger partial charge in [-0.25, -0.2) is 0 Å². The molecule has 0 aliphatic rings. The van der Waals surface area contributed by atoms with Crippen molar-refractivity contribution in [1.82, 2.24) is 0 Å². The molecule has 0 aromatic carbocycles. The summed E-state index contributed by atoms with van der Waals surface area (Å²) in [5, 5.41) is 0. The van der Waals surface area contributed by atoms with Gasteiger partial charge >= 0.3 is 0 Å². The van der Waals surface area contributed by atoms with Gasteiger partial charge in [-0.2, -0.15) is 0 Å². The number of ether oxygens (including phenoxy) is 1. The van der Waals surface area contributed by atoms with Crippen molar-refractivity contribution < 1.29 is 4.74 Å². The van der Waals surface area contributed by atoms with Gasteiger partial charge in [0.05, 0.1) is 10.9 Å². The van der Waals surface area contributed by atoms with E-state index in [1.54, 1.807) is 18.4 Å². The molecule has 0 aliphatic heterocycles. The van der Waals surface area contributed by atoms with E-state index in [1.165, 1.54) is 4.88 Å². The zero-order valence-corrected chi connectivity index (χ0v) is 9.41. The third-order valence-electron chi connectivity index (χ3n) is 1.68. The SMILES string of the molecule is COCC(C)(N)Cc1ccc(Cl)s1. The molecule has 1 aromatic rings. The highest BCUT2D eigenvalue weighted by atomic mass is 35.5. The molecule has 1 unspecified atom stereocenters. The molecule has 0 bridgehead atoms. The van der Waals surface area contributed by atoms with Gasteiger partial charge in [0.1, 0.15) is 0 Å². The number of nitrogens with two attached hydrogens (primary N) is 1. The standard InChI is InChI=1S/C9H14ClNOS/c1-9(11,6-12-2)5-7-3-4-8(10)13-7/h3-4H,5-6,11H2,1-2H3. The molecule has 74 valence electrons. The van der Waals surface area contributed by atoms with E-state index in [9.17, 15) is 0 Å². The van der Waals surface area contributed by atoms with Crippen LogP contribution in [0.3, 0.4) is 0 Å². The summed E-state index contributed by atoms with van der Waals surface area (Å²) in [5.74, 6) is 0. The Balaban J connectivity index is 2.57. The first-order valence-electron chi connectivity index (χ1n) is 4.05. The summed E-state index contributed by atoms with van der Waals surface area (Å²) in [5.41, 5.74) is 5.70. The number of methoxy groups -OCH3 is 1. The highest BCUT2D eigenvalue weighted by Gasteiger charge is 2.19. The summed E-state index contributed by atoms with van der Waals surface area (Å²) in [4.78, 5) is 1.20. The molecule has 2 N–H and O–H groups in total. The number of rotatable bonds is 4. The van der Waals surface area contributed by atoms with Crippen LogP contribution < -0.4 is 5.73 Å². The minimum atomic E-state index is -0.303. The average Bonchev–Trinajstić information content (AvgIpc) is 2.34. The van der Waals surface area contributed by atoms with E-state index in [0.29, 0.717) is 6.61 Å². The maximum Gasteiger partial charge on any atom is 0.0931 e. The van der Waals surface area contributed by atoms with E-state index >= 15 is 0 Å². The first-order valence-corrected chi connectivity index (χ1v) is 5.25. The molecule has 2 nitrogen and oxygen atoms in total. The van der Waals surface area contributed by atoms with Crippen molar-refractivity contribution in [2.24, 2.45) is 5.73 Å². The van der Waals surface area contributed by atoms with Gasteiger partial charge in [0.15, 0.2) is 0 Å². The van der Waals surface area contributed by atoms with Crippen LogP contribution in [-0.4, -0.2) is 19.3 Å². The third kappa shape index (κ3) is 3.65. The first kappa shape index (κ1) is 11.0. The van der Waals surface area contributed by atoms with E-state index in [2.05, 4.69) is 0 Å².